The van der Waals surface area contributed by atoms with E-state index >= 15 is 0 Å². The maximum absolute atomic E-state index is 5.54. The molecule has 2 heterocycles. The van der Waals surface area contributed by atoms with E-state index in [2.05, 4.69) is 9.97 Å². The molecule has 0 amide bonds. The van der Waals surface area contributed by atoms with Gasteiger partial charge in [0.1, 0.15) is 5.75 Å². The summed E-state index contributed by atoms with van der Waals surface area (Å²) in [7, 11) is 0. The average molecular weight is 240 g/mol. The molecule has 3 nitrogen and oxygen atoms in total. The summed E-state index contributed by atoms with van der Waals surface area (Å²) >= 11 is 0. The molecule has 0 atom stereocenters. The molecule has 0 saturated carbocycles. The SMILES string of the molecule is Cc1cccc(Oc2ccc[nH]2)c1.c1cc[nH]c1. The second kappa shape index (κ2) is 6.35. The van der Waals surface area contributed by atoms with Gasteiger partial charge < -0.3 is 14.7 Å². The molecule has 0 bridgehead atoms. The topological polar surface area (TPSA) is 40.8 Å². The van der Waals surface area contributed by atoms with Crippen LogP contribution in [0.2, 0.25) is 0 Å². The van der Waals surface area contributed by atoms with Crippen LogP contribution in [0.3, 0.4) is 0 Å². The third kappa shape index (κ3) is 3.87. The van der Waals surface area contributed by atoms with Gasteiger partial charge in [0.2, 0.25) is 0 Å². The van der Waals surface area contributed by atoms with Crippen molar-refractivity contribution in [1.29, 1.82) is 0 Å². The lowest BCUT2D eigenvalue weighted by Gasteiger charge is -2.02. The quantitative estimate of drug-likeness (QED) is 0.694. The summed E-state index contributed by atoms with van der Waals surface area (Å²) in [6.07, 6.45) is 5.59. The van der Waals surface area contributed by atoms with Crippen molar-refractivity contribution < 1.29 is 4.74 Å². The highest BCUT2D eigenvalue weighted by Crippen LogP contribution is 2.19. The highest BCUT2D eigenvalue weighted by Gasteiger charge is 1.95. The van der Waals surface area contributed by atoms with Gasteiger partial charge in [0.15, 0.2) is 5.88 Å². The maximum Gasteiger partial charge on any atom is 0.197 e. The van der Waals surface area contributed by atoms with Crippen LogP contribution in [-0.2, 0) is 0 Å². The van der Waals surface area contributed by atoms with Crippen molar-refractivity contribution in [2.24, 2.45) is 0 Å². The minimum absolute atomic E-state index is 0.769. The van der Waals surface area contributed by atoms with Gasteiger partial charge in [-0.1, -0.05) is 12.1 Å². The predicted molar refractivity (Wildman–Crippen MR) is 72.8 cm³/mol. The molecule has 0 aliphatic heterocycles. The van der Waals surface area contributed by atoms with Gasteiger partial charge in [0.05, 0.1) is 0 Å². The molecule has 0 radical (unpaired) electrons. The van der Waals surface area contributed by atoms with Crippen LogP contribution >= 0.6 is 0 Å². The first-order chi connectivity index (χ1) is 8.84. The largest absolute Gasteiger partial charge is 0.441 e. The molecule has 0 unspecified atom stereocenters. The highest BCUT2D eigenvalue weighted by molar-refractivity contribution is 5.30. The molecule has 0 spiro atoms. The van der Waals surface area contributed by atoms with Crippen molar-refractivity contribution >= 4 is 0 Å². The standard InChI is InChI=1S/C11H11NO.C4H5N/c1-9-4-2-5-10(8-9)13-11-6-3-7-12-11;1-2-4-5-3-1/h2-8,12H,1H3;1-5H. The zero-order valence-corrected chi connectivity index (χ0v) is 10.3. The molecular formula is C15H16N2O. The number of rotatable bonds is 2. The van der Waals surface area contributed by atoms with E-state index in [0.29, 0.717) is 0 Å². The van der Waals surface area contributed by atoms with E-state index in [4.69, 9.17) is 4.74 Å². The van der Waals surface area contributed by atoms with Crippen LogP contribution in [0, 0.1) is 6.92 Å². The molecule has 18 heavy (non-hydrogen) atoms. The fourth-order valence-electron chi connectivity index (χ4n) is 1.46. The second-order valence-electron chi connectivity index (χ2n) is 3.84. The van der Waals surface area contributed by atoms with E-state index in [1.54, 1.807) is 0 Å². The van der Waals surface area contributed by atoms with E-state index in [-0.39, 0.29) is 0 Å². The number of nitrogens with one attached hydrogen (secondary N) is 2. The molecule has 2 N–H and O–H groups in total. The number of hydrogen-bond donors (Lipinski definition) is 2. The van der Waals surface area contributed by atoms with Crippen molar-refractivity contribution in [1.82, 2.24) is 9.97 Å². The van der Waals surface area contributed by atoms with Gasteiger partial charge in [-0.15, -0.1) is 0 Å². The Bertz CT molecular complexity index is 524. The van der Waals surface area contributed by atoms with Gasteiger partial charge in [-0.3, -0.25) is 0 Å². The van der Waals surface area contributed by atoms with Gasteiger partial charge in [-0.2, -0.15) is 0 Å². The smallest absolute Gasteiger partial charge is 0.197 e. The van der Waals surface area contributed by atoms with E-state index < -0.39 is 0 Å². The Morgan fingerprint density at radius 3 is 2.28 bits per heavy atom. The van der Waals surface area contributed by atoms with E-state index in [0.717, 1.165) is 11.6 Å². The summed E-state index contributed by atoms with van der Waals surface area (Å²) in [6, 6.07) is 15.7. The summed E-state index contributed by atoms with van der Waals surface area (Å²) in [6.45, 7) is 2.04. The average Bonchev–Trinajstić information content (AvgIpc) is 3.04. The van der Waals surface area contributed by atoms with Gasteiger partial charge in [0.25, 0.3) is 0 Å². The molecule has 0 saturated heterocycles. The van der Waals surface area contributed by atoms with Crippen LogP contribution < -0.4 is 4.74 Å². The summed E-state index contributed by atoms with van der Waals surface area (Å²) < 4.78 is 5.54. The minimum Gasteiger partial charge on any atom is -0.441 e. The number of aryl methyl sites for hydroxylation is 1. The van der Waals surface area contributed by atoms with E-state index in [9.17, 15) is 0 Å². The van der Waals surface area contributed by atoms with Crippen LogP contribution in [0.25, 0.3) is 0 Å². The molecule has 2 aromatic heterocycles. The monoisotopic (exact) mass is 240 g/mol. The molecule has 0 aliphatic rings. The van der Waals surface area contributed by atoms with E-state index in [1.807, 2.05) is 74.0 Å². The normalized spacial score (nSPS) is 9.39. The molecule has 92 valence electrons. The van der Waals surface area contributed by atoms with Crippen molar-refractivity contribution in [2.75, 3.05) is 0 Å². The van der Waals surface area contributed by atoms with Crippen molar-refractivity contribution in [3.05, 3.63) is 72.7 Å². The van der Waals surface area contributed by atoms with Crippen LogP contribution in [-0.4, -0.2) is 9.97 Å². The van der Waals surface area contributed by atoms with Crippen LogP contribution in [0.1, 0.15) is 5.56 Å². The molecule has 3 aromatic rings. The number of benzene rings is 1. The zero-order chi connectivity index (χ0) is 12.6. The van der Waals surface area contributed by atoms with Gasteiger partial charge in [0, 0.05) is 24.7 Å². The fraction of sp³-hybridized carbons (Fsp3) is 0.0667. The Morgan fingerprint density at radius 2 is 1.72 bits per heavy atom. The lowest BCUT2D eigenvalue weighted by Crippen LogP contribution is -1.83. The third-order valence-electron chi connectivity index (χ3n) is 2.28. The van der Waals surface area contributed by atoms with Gasteiger partial charge in [-0.05, 0) is 42.8 Å². The molecule has 3 heteroatoms. The molecule has 3 rings (SSSR count). The van der Waals surface area contributed by atoms with Crippen molar-refractivity contribution in [3.63, 3.8) is 0 Å². The Morgan fingerprint density at radius 1 is 0.889 bits per heavy atom. The first-order valence-corrected chi connectivity index (χ1v) is 5.80. The molecule has 1 aromatic carbocycles. The Hall–Kier alpha value is -2.42. The van der Waals surface area contributed by atoms with Crippen LogP contribution in [0.4, 0.5) is 0 Å². The summed E-state index contributed by atoms with van der Waals surface area (Å²) in [5, 5.41) is 0. The molecule has 0 aliphatic carbocycles. The van der Waals surface area contributed by atoms with Gasteiger partial charge in [-0.25, -0.2) is 0 Å². The number of ether oxygens (including phenoxy) is 1. The van der Waals surface area contributed by atoms with Crippen molar-refractivity contribution in [3.8, 4) is 11.6 Å². The predicted octanol–water partition coefficient (Wildman–Crippen LogP) is 4.13. The summed E-state index contributed by atoms with van der Waals surface area (Å²) in [4.78, 5) is 5.84. The Balaban J connectivity index is 0.000000202. The first-order valence-electron chi connectivity index (χ1n) is 5.80. The van der Waals surface area contributed by atoms with Crippen molar-refractivity contribution in [2.45, 2.75) is 6.92 Å². The van der Waals surface area contributed by atoms with Crippen LogP contribution in [0.5, 0.6) is 11.6 Å². The number of aromatic nitrogens is 2. The van der Waals surface area contributed by atoms with Gasteiger partial charge >= 0.3 is 0 Å². The minimum atomic E-state index is 0.769. The Labute approximate surface area is 106 Å². The highest BCUT2D eigenvalue weighted by atomic mass is 16.5. The second-order valence-corrected chi connectivity index (χ2v) is 3.84. The fourth-order valence-corrected chi connectivity index (χ4v) is 1.46. The zero-order valence-electron chi connectivity index (χ0n) is 10.3. The van der Waals surface area contributed by atoms with Crippen LogP contribution in [0.15, 0.2) is 67.1 Å². The number of H-pyrrole nitrogens is 2. The van der Waals surface area contributed by atoms with E-state index in [1.165, 1.54) is 5.56 Å². The lowest BCUT2D eigenvalue weighted by atomic mass is 10.2. The first kappa shape index (κ1) is 12.0. The molecule has 0 fully saturated rings. The number of aromatic amines is 2. The molecular weight excluding hydrogens is 224 g/mol. The summed E-state index contributed by atoms with van der Waals surface area (Å²) in [5.41, 5.74) is 1.20. The number of hydrogen-bond acceptors (Lipinski definition) is 1. The summed E-state index contributed by atoms with van der Waals surface area (Å²) in [5.74, 6) is 1.63. The lowest BCUT2D eigenvalue weighted by molar-refractivity contribution is 0.466. The maximum atomic E-state index is 5.54. The Kier molecular flexibility index (Phi) is 4.25. The third-order valence-corrected chi connectivity index (χ3v) is 2.28.